The number of hydrogen-bond donors (Lipinski definition) is 0. The quantitative estimate of drug-likeness (QED) is 0.0547. The van der Waals surface area contributed by atoms with Gasteiger partial charge in [-0.05, 0) is 75.6 Å². The van der Waals surface area contributed by atoms with Crippen LogP contribution in [0.15, 0.2) is 137 Å². The van der Waals surface area contributed by atoms with Gasteiger partial charge in [0, 0.05) is 22.3 Å². The third-order valence-corrected chi connectivity index (χ3v) is 9.05. The van der Waals surface area contributed by atoms with Gasteiger partial charge in [-0.3, -0.25) is 59.6 Å². The van der Waals surface area contributed by atoms with Gasteiger partial charge in [-0.25, -0.2) is 19.2 Å². The van der Waals surface area contributed by atoms with Crippen molar-refractivity contribution < 1.29 is 127 Å². The molecule has 0 atom stereocenters. The number of carbonyl (C=O) groups excluding carboxylic acids is 4. The van der Waals surface area contributed by atoms with Crippen molar-refractivity contribution in [2.24, 2.45) is 39.9 Å². The molecule has 0 saturated carbocycles. The van der Waals surface area contributed by atoms with E-state index in [1.165, 1.54) is 68.2 Å². The summed E-state index contributed by atoms with van der Waals surface area (Å²) in [6, 6.07) is 25.0. The minimum atomic E-state index is -1.16. The molecule has 0 aliphatic carbocycles. The first kappa shape index (κ1) is 81.1. The van der Waals surface area contributed by atoms with E-state index in [9.17, 15) is 39.6 Å². The fraction of sp³-hybridized carbons (Fsp3) is 0.250. The predicted molar refractivity (Wildman–Crippen MR) is 287 cm³/mol. The number of aliphatic imine (C=N–C) groups is 8. The van der Waals surface area contributed by atoms with Crippen LogP contribution in [0, 0.1) is 0 Å². The molecule has 36 heteroatoms. The Labute approximate surface area is 520 Å². The van der Waals surface area contributed by atoms with Crippen LogP contribution < -0.4 is 20.4 Å². The fourth-order valence-electron chi connectivity index (χ4n) is 6.20. The minimum Gasteiger partial charge on any atom is -0.858 e. The number of hydrogen-bond acceptors (Lipinski definition) is 20. The molecule has 32 nitrogen and oxygen atoms in total. The van der Waals surface area contributed by atoms with Crippen LogP contribution in [0.4, 0.5) is 22.7 Å². The normalized spacial score (nSPS) is 11.9. The maximum Gasteiger partial charge on any atom is 2.00 e. The Hall–Kier alpha value is -9.36. The third kappa shape index (κ3) is 27.4. The van der Waals surface area contributed by atoms with Crippen LogP contribution >= 0.6 is 0 Å². The van der Waals surface area contributed by atoms with E-state index < -0.39 is 47.5 Å². The van der Waals surface area contributed by atoms with Crippen LogP contribution in [-0.4, -0.2) is 123 Å². The maximum absolute atomic E-state index is 12.6. The second-order valence-corrected chi connectivity index (χ2v) is 13.9. The SMILES string of the molecule is CCOC(=O)C1=NCCN=C(C(=O)OCC)c2ccccc2N=C([O-])C([O-])=Nc2ccccc21.CCOC(=O)C1=NCCN=C(C(=O)OCC)c2ccccc2N=C([O-])C([O-])=Nc2ccccc21.[Cu+2].[Cu+2].[Fe+2].[Fe+2].[N-]=[N+]=[N-].[N-]=[N+]=[N-].[N-]=[N+]=[N-].[N-]=[N+]=[N-]. The van der Waals surface area contributed by atoms with E-state index in [1.54, 1.807) is 76.2 Å². The van der Waals surface area contributed by atoms with Crippen molar-refractivity contribution >= 4 is 93.1 Å². The first-order valence-electron chi connectivity index (χ1n) is 22.8. The first-order valence-corrected chi connectivity index (χ1v) is 22.8. The van der Waals surface area contributed by atoms with Gasteiger partial charge in [0.2, 0.25) is 0 Å². The zero-order valence-electron chi connectivity index (χ0n) is 44.0. The minimum absolute atomic E-state index is 0. The number of benzene rings is 4. The van der Waals surface area contributed by atoms with E-state index in [0.29, 0.717) is 0 Å². The van der Waals surface area contributed by atoms with Gasteiger partial charge in [-0.2, -0.15) is 0 Å². The van der Waals surface area contributed by atoms with Crippen LogP contribution in [0.5, 0.6) is 0 Å². The Morgan fingerprint density at radius 1 is 0.369 bits per heavy atom. The molecule has 84 heavy (non-hydrogen) atoms. The summed E-state index contributed by atoms with van der Waals surface area (Å²) >= 11 is 0. The average molecular weight is 1330 g/mol. The Morgan fingerprint density at radius 2 is 0.524 bits per heavy atom. The molecule has 2 aliphatic rings. The van der Waals surface area contributed by atoms with Gasteiger partial charge in [-0.1, -0.05) is 72.8 Å². The van der Waals surface area contributed by atoms with Gasteiger partial charge in [0.05, 0.1) is 75.4 Å². The van der Waals surface area contributed by atoms with E-state index in [4.69, 9.17) is 63.2 Å². The van der Waals surface area contributed by atoms with Crippen LogP contribution in [0.25, 0.3) is 63.9 Å². The maximum atomic E-state index is 12.6. The molecule has 0 bridgehead atoms. The molecule has 446 valence electrons. The monoisotopic (exact) mass is 1330 g/mol. The van der Waals surface area contributed by atoms with Gasteiger partial charge in [-0.15, -0.1) is 0 Å². The first-order chi connectivity index (χ1) is 38.6. The van der Waals surface area contributed by atoms with Crippen molar-refractivity contribution in [3.05, 3.63) is 183 Å². The zero-order valence-corrected chi connectivity index (χ0v) is 48.1. The van der Waals surface area contributed by atoms with Crippen LogP contribution in [0.3, 0.4) is 0 Å². The number of rotatable bonds is 8. The smallest absolute Gasteiger partial charge is 0.858 e. The Kier molecular flexibility index (Phi) is 45.7. The molecule has 0 aromatic heterocycles. The summed E-state index contributed by atoms with van der Waals surface area (Å²) in [5.41, 5.74) is 54.8. The van der Waals surface area contributed by atoms with Crippen molar-refractivity contribution in [1.29, 1.82) is 0 Å². The van der Waals surface area contributed by atoms with E-state index in [2.05, 4.69) is 39.9 Å². The molecule has 0 fully saturated rings. The van der Waals surface area contributed by atoms with Gasteiger partial charge < -0.3 is 83.6 Å². The molecule has 0 N–H and O–H groups in total. The van der Waals surface area contributed by atoms with Crippen molar-refractivity contribution in [3.8, 4) is 0 Å². The van der Waals surface area contributed by atoms with E-state index >= 15 is 0 Å². The van der Waals surface area contributed by atoms with Gasteiger partial charge >= 0.3 is 92.2 Å². The molecule has 4 aromatic rings. The number of esters is 4. The zero-order chi connectivity index (χ0) is 59.8. The van der Waals surface area contributed by atoms with Crippen LogP contribution in [0.1, 0.15) is 49.9 Å². The molecule has 4 aromatic carbocycles. The van der Waals surface area contributed by atoms with E-state index in [-0.39, 0.29) is 189 Å². The van der Waals surface area contributed by atoms with Crippen LogP contribution in [-0.2, 0) is 106 Å². The standard InChI is InChI=1S/2C24H24N4O6.2Cu.2Fe.4N3/c2*1-3-33-23(31)19-15-9-5-7-11-17(15)27-21(29)22(30)28-18-12-8-6-10-16(18)20(24(32)34-4-2)26-14-13-25-19;;;;;4*1-3-2/h2*5-12H,3-4,13-14H2,1-2H3,(H,27,29)(H,28,30);;;;;;;;/q;;4*+2;4*-1/p-4. The number of para-hydroxylation sites is 4. The average Bonchev–Trinajstić information content (AvgIpc) is 3.61. The molecule has 2 radical (unpaired) electrons. The molecular weight excluding hydrogens is 1290 g/mol. The molecule has 6 rings (SSSR count). The number of fused-ring (bicyclic) bond motifs is 4. The summed E-state index contributed by atoms with van der Waals surface area (Å²) in [6.45, 7) is 7.12. The molecule has 0 spiro atoms. The molecule has 0 unspecified atom stereocenters. The second kappa shape index (κ2) is 47.3. The molecule has 2 aliphatic heterocycles. The van der Waals surface area contributed by atoms with E-state index in [0.717, 1.165) is 0 Å². The summed E-state index contributed by atoms with van der Waals surface area (Å²) in [6.07, 6.45) is 0. The van der Waals surface area contributed by atoms with Gasteiger partial charge in [0.1, 0.15) is 0 Å². The number of ether oxygens (including phenoxy) is 4. The van der Waals surface area contributed by atoms with Crippen molar-refractivity contribution in [3.63, 3.8) is 0 Å². The predicted octanol–water partition coefficient (Wildman–Crippen LogP) is 5.23. The molecule has 2 heterocycles. The van der Waals surface area contributed by atoms with Crippen LogP contribution in [0.2, 0.25) is 0 Å². The van der Waals surface area contributed by atoms with Crippen molar-refractivity contribution in [2.45, 2.75) is 27.7 Å². The Bertz CT molecular complexity index is 2800. The molecular formula is C48H44Cu2Fe2N20O12. The molecule has 0 saturated heterocycles. The second-order valence-electron chi connectivity index (χ2n) is 13.9. The summed E-state index contributed by atoms with van der Waals surface area (Å²) in [5.74, 6) is -7.51. The Balaban J connectivity index is -0.000000616. The van der Waals surface area contributed by atoms with Crippen molar-refractivity contribution in [1.82, 2.24) is 0 Å². The van der Waals surface area contributed by atoms with Gasteiger partial charge in [0.25, 0.3) is 0 Å². The third-order valence-electron chi connectivity index (χ3n) is 9.05. The van der Waals surface area contributed by atoms with E-state index in [1.807, 2.05) is 0 Å². The molecule has 0 amide bonds. The summed E-state index contributed by atoms with van der Waals surface area (Å²) in [4.78, 5) is 89.1. The summed E-state index contributed by atoms with van der Waals surface area (Å²) in [7, 11) is 0. The Morgan fingerprint density at radius 3 is 0.679 bits per heavy atom. The largest absolute Gasteiger partial charge is 2.00 e. The summed E-state index contributed by atoms with van der Waals surface area (Å²) < 4.78 is 20.4. The topological polar surface area (TPSA) is 531 Å². The fourth-order valence-corrected chi connectivity index (χ4v) is 6.20. The number of nitrogens with zero attached hydrogens (tertiary/aromatic N) is 20. The van der Waals surface area contributed by atoms with Crippen molar-refractivity contribution in [2.75, 3.05) is 52.6 Å². The number of carbonyl (C=O) groups is 4. The van der Waals surface area contributed by atoms with Gasteiger partial charge in [0.15, 0.2) is 22.8 Å². The summed E-state index contributed by atoms with van der Waals surface area (Å²) in [5, 5.41) is 50.4.